The molecule has 1 fully saturated rings. The van der Waals surface area contributed by atoms with Crippen molar-refractivity contribution in [2.45, 2.75) is 39.2 Å². The number of piperazine rings is 1. The van der Waals surface area contributed by atoms with Gasteiger partial charge in [-0.15, -0.1) is 0 Å². The summed E-state index contributed by atoms with van der Waals surface area (Å²) in [4.78, 5) is 38.1. The van der Waals surface area contributed by atoms with Gasteiger partial charge in [-0.3, -0.25) is 9.59 Å². The molecule has 140 valence electrons. The van der Waals surface area contributed by atoms with E-state index in [0.717, 1.165) is 35.0 Å². The maximum atomic E-state index is 12.3. The van der Waals surface area contributed by atoms with Crippen LogP contribution in [0.2, 0.25) is 0 Å². The van der Waals surface area contributed by atoms with Crippen LogP contribution < -0.4 is 10.2 Å². The quantitative estimate of drug-likeness (QED) is 0.836. The van der Waals surface area contributed by atoms with Crippen molar-refractivity contribution in [3.8, 4) is 0 Å². The zero-order chi connectivity index (χ0) is 18.5. The summed E-state index contributed by atoms with van der Waals surface area (Å²) in [6.45, 7) is 6.83. The van der Waals surface area contributed by atoms with Crippen molar-refractivity contribution < 1.29 is 9.59 Å². The molecule has 2 amide bonds. The first-order chi connectivity index (χ1) is 12.6. The van der Waals surface area contributed by atoms with E-state index in [0.29, 0.717) is 13.1 Å². The van der Waals surface area contributed by atoms with Crippen LogP contribution in [0.15, 0.2) is 18.3 Å². The Morgan fingerprint density at radius 3 is 2.73 bits per heavy atom. The Bertz CT molecular complexity index is 737. The van der Waals surface area contributed by atoms with E-state index < -0.39 is 0 Å². The topological polar surface area (TPSA) is 78.4 Å². The summed E-state index contributed by atoms with van der Waals surface area (Å²) in [7, 11) is 0. The molecule has 1 aliphatic rings. The smallest absolute Gasteiger partial charge is 0.223 e. The Morgan fingerprint density at radius 1 is 1.27 bits per heavy atom. The average molecular weight is 375 g/mol. The lowest BCUT2D eigenvalue weighted by atomic mass is 10.2. The lowest BCUT2D eigenvalue weighted by Crippen LogP contribution is -2.49. The summed E-state index contributed by atoms with van der Waals surface area (Å²) >= 11 is 1.58. The fourth-order valence-corrected chi connectivity index (χ4v) is 3.83. The number of rotatable bonds is 6. The number of hydrogen-bond acceptors (Lipinski definition) is 6. The third-order valence-corrected chi connectivity index (χ3v) is 5.68. The van der Waals surface area contributed by atoms with Crippen LogP contribution in [0.3, 0.4) is 0 Å². The summed E-state index contributed by atoms with van der Waals surface area (Å²) in [6.07, 6.45) is 3.20. The van der Waals surface area contributed by atoms with Crippen LogP contribution in [0.25, 0.3) is 10.3 Å². The molecule has 0 spiro atoms. The lowest BCUT2D eigenvalue weighted by molar-refractivity contribution is -0.134. The largest absolute Gasteiger partial charge is 0.354 e. The molecular formula is C18H25N5O2S. The molecule has 2 aromatic heterocycles. The van der Waals surface area contributed by atoms with Gasteiger partial charge in [0.1, 0.15) is 10.3 Å². The van der Waals surface area contributed by atoms with Crippen molar-refractivity contribution in [1.82, 2.24) is 20.2 Å². The highest BCUT2D eigenvalue weighted by Gasteiger charge is 2.23. The van der Waals surface area contributed by atoms with Gasteiger partial charge in [0.25, 0.3) is 0 Å². The highest BCUT2D eigenvalue weighted by Crippen LogP contribution is 2.27. The molecule has 0 unspecified atom stereocenters. The first-order valence-corrected chi connectivity index (χ1v) is 9.92. The molecule has 3 rings (SSSR count). The van der Waals surface area contributed by atoms with Crippen LogP contribution in [0.1, 0.15) is 33.1 Å². The second-order valence-electron chi connectivity index (χ2n) is 6.57. The number of pyridine rings is 1. The molecule has 2 aromatic rings. The van der Waals surface area contributed by atoms with Crippen LogP contribution in [-0.4, -0.2) is 58.9 Å². The number of hydrogen-bond donors (Lipinski definition) is 1. The fraction of sp³-hybridized carbons (Fsp3) is 0.556. The van der Waals surface area contributed by atoms with Gasteiger partial charge in [0, 0.05) is 51.3 Å². The van der Waals surface area contributed by atoms with Crippen molar-refractivity contribution >= 4 is 38.6 Å². The van der Waals surface area contributed by atoms with Crippen LogP contribution in [0, 0.1) is 0 Å². The van der Waals surface area contributed by atoms with Gasteiger partial charge < -0.3 is 15.1 Å². The first kappa shape index (κ1) is 18.6. The third kappa shape index (κ3) is 4.49. The number of amides is 2. The van der Waals surface area contributed by atoms with Crippen molar-refractivity contribution in [3.63, 3.8) is 0 Å². The Morgan fingerprint density at radius 2 is 2.04 bits per heavy atom. The predicted octanol–water partition coefficient (Wildman–Crippen LogP) is 2.03. The normalized spacial score (nSPS) is 15.9. The number of carbonyl (C=O) groups excluding carboxylic acids is 2. The highest BCUT2D eigenvalue weighted by atomic mass is 32.1. The van der Waals surface area contributed by atoms with E-state index in [4.69, 9.17) is 0 Å². The number of carbonyl (C=O) groups is 2. The van der Waals surface area contributed by atoms with Gasteiger partial charge in [0.2, 0.25) is 11.8 Å². The number of nitrogens with zero attached hydrogens (tertiary/aromatic N) is 4. The van der Waals surface area contributed by atoms with Gasteiger partial charge >= 0.3 is 0 Å². The number of anilines is 1. The lowest BCUT2D eigenvalue weighted by Gasteiger charge is -2.34. The second-order valence-corrected chi connectivity index (χ2v) is 7.52. The number of fused-ring (bicyclic) bond motifs is 1. The summed E-state index contributed by atoms with van der Waals surface area (Å²) < 4.78 is 0. The molecule has 0 radical (unpaired) electrons. The van der Waals surface area contributed by atoms with E-state index in [9.17, 15) is 9.59 Å². The van der Waals surface area contributed by atoms with Crippen LogP contribution in [0.4, 0.5) is 5.13 Å². The van der Waals surface area contributed by atoms with E-state index in [1.165, 1.54) is 0 Å². The highest BCUT2D eigenvalue weighted by molar-refractivity contribution is 7.21. The van der Waals surface area contributed by atoms with Crippen LogP contribution >= 0.6 is 11.3 Å². The Kier molecular flexibility index (Phi) is 6.03. The molecule has 0 aromatic carbocycles. The second kappa shape index (κ2) is 8.44. The predicted molar refractivity (Wildman–Crippen MR) is 103 cm³/mol. The molecule has 0 bridgehead atoms. The van der Waals surface area contributed by atoms with Crippen LogP contribution in [-0.2, 0) is 9.59 Å². The Balaban J connectivity index is 1.47. The number of aromatic nitrogens is 2. The zero-order valence-corrected chi connectivity index (χ0v) is 16.1. The molecule has 7 nitrogen and oxygen atoms in total. The molecule has 1 saturated heterocycles. The molecule has 0 saturated carbocycles. The first-order valence-electron chi connectivity index (χ1n) is 9.10. The maximum absolute atomic E-state index is 12.3. The van der Waals surface area contributed by atoms with E-state index >= 15 is 0 Å². The van der Waals surface area contributed by atoms with Gasteiger partial charge in [0.15, 0.2) is 5.13 Å². The standard InChI is InChI=1S/C18H25N5O2S/c1-3-13(2)20-15(24)6-7-16(25)22-9-11-23(12-10-22)18-21-14-5-4-8-19-17(14)26-18/h4-5,8,13H,3,6-7,9-12H2,1-2H3,(H,20,24)/t13-/m1/s1. The van der Waals surface area contributed by atoms with E-state index in [1.807, 2.05) is 30.9 Å². The minimum Gasteiger partial charge on any atom is -0.354 e. The fourth-order valence-electron chi connectivity index (χ4n) is 2.87. The third-order valence-electron chi connectivity index (χ3n) is 4.64. The van der Waals surface area contributed by atoms with E-state index in [1.54, 1.807) is 17.5 Å². The average Bonchev–Trinajstić information content (AvgIpc) is 3.10. The van der Waals surface area contributed by atoms with Crippen LogP contribution in [0.5, 0.6) is 0 Å². The molecule has 1 atom stereocenters. The molecule has 0 aliphatic carbocycles. The van der Waals surface area contributed by atoms with E-state index in [-0.39, 0.29) is 30.7 Å². The molecule has 1 aliphatic heterocycles. The number of thiazole rings is 1. The molecule has 1 N–H and O–H groups in total. The molecule has 8 heteroatoms. The van der Waals surface area contributed by atoms with E-state index in [2.05, 4.69) is 20.2 Å². The summed E-state index contributed by atoms with van der Waals surface area (Å²) in [5.74, 6) is 0.00299. The molecule has 3 heterocycles. The van der Waals surface area contributed by atoms with Crippen molar-refractivity contribution in [3.05, 3.63) is 18.3 Å². The van der Waals surface area contributed by atoms with Gasteiger partial charge in [-0.05, 0) is 25.5 Å². The minimum absolute atomic E-state index is 0.0479. The van der Waals surface area contributed by atoms with Gasteiger partial charge in [-0.2, -0.15) is 0 Å². The van der Waals surface area contributed by atoms with Crippen molar-refractivity contribution in [2.75, 3.05) is 31.1 Å². The van der Waals surface area contributed by atoms with Crippen molar-refractivity contribution in [2.24, 2.45) is 0 Å². The summed E-state index contributed by atoms with van der Waals surface area (Å²) in [5.41, 5.74) is 0.915. The summed E-state index contributed by atoms with van der Waals surface area (Å²) in [5, 5.41) is 3.86. The Labute approximate surface area is 157 Å². The molecule has 26 heavy (non-hydrogen) atoms. The van der Waals surface area contributed by atoms with Gasteiger partial charge in [-0.25, -0.2) is 9.97 Å². The van der Waals surface area contributed by atoms with Gasteiger partial charge in [-0.1, -0.05) is 18.3 Å². The van der Waals surface area contributed by atoms with Gasteiger partial charge in [0.05, 0.1) is 0 Å². The summed E-state index contributed by atoms with van der Waals surface area (Å²) in [6, 6.07) is 4.01. The zero-order valence-electron chi connectivity index (χ0n) is 15.3. The van der Waals surface area contributed by atoms with Crippen molar-refractivity contribution in [1.29, 1.82) is 0 Å². The minimum atomic E-state index is -0.0479. The Hall–Kier alpha value is -2.22. The maximum Gasteiger partial charge on any atom is 0.223 e. The number of nitrogens with one attached hydrogen (secondary N) is 1. The SMILES string of the molecule is CC[C@@H](C)NC(=O)CCC(=O)N1CCN(c2nc3cccnc3s2)CC1. The molecular weight excluding hydrogens is 350 g/mol. The monoisotopic (exact) mass is 375 g/mol.